The monoisotopic (exact) mass is 433 g/mol. The zero-order valence-electron chi connectivity index (χ0n) is 16.7. The topological polar surface area (TPSA) is 76.5 Å². The van der Waals surface area contributed by atoms with E-state index in [0.29, 0.717) is 16.1 Å². The highest BCUT2D eigenvalue weighted by Gasteiger charge is 2.43. The molecule has 0 saturated carbocycles. The third-order valence-corrected chi connectivity index (χ3v) is 7.29. The molecule has 8 heteroatoms. The Hall–Kier alpha value is -3.15. The second kappa shape index (κ2) is 7.84. The normalized spacial score (nSPS) is 22.4. The van der Waals surface area contributed by atoms with Crippen molar-refractivity contribution in [3.63, 3.8) is 0 Å². The van der Waals surface area contributed by atoms with Crippen molar-refractivity contribution < 1.29 is 9.18 Å². The lowest BCUT2D eigenvalue weighted by atomic mass is 9.97. The molecule has 2 atom stereocenters. The van der Waals surface area contributed by atoms with Crippen molar-refractivity contribution in [1.29, 1.82) is 0 Å². The second-order valence-corrected chi connectivity index (χ2v) is 9.11. The first-order chi connectivity index (χ1) is 15.0. The number of hydrogen-bond donors (Lipinski definition) is 1. The van der Waals surface area contributed by atoms with E-state index in [0.717, 1.165) is 36.1 Å². The summed E-state index contributed by atoms with van der Waals surface area (Å²) in [6.07, 6.45) is 6.75. The van der Waals surface area contributed by atoms with Crippen LogP contribution in [0.1, 0.15) is 35.4 Å². The Labute approximate surface area is 183 Å². The Bertz CT molecular complexity index is 1170. The maximum atomic E-state index is 14.4. The molecule has 2 bridgehead atoms. The van der Waals surface area contributed by atoms with Crippen LogP contribution < -0.4 is 5.73 Å². The predicted octanol–water partition coefficient (Wildman–Crippen LogP) is 4.66. The zero-order valence-corrected chi connectivity index (χ0v) is 17.5. The molecule has 2 fully saturated rings. The quantitative estimate of drug-likeness (QED) is 0.610. The van der Waals surface area contributed by atoms with Crippen LogP contribution in [0.15, 0.2) is 42.9 Å². The minimum absolute atomic E-state index is 0.00389. The highest BCUT2D eigenvalue weighted by atomic mass is 32.1. The van der Waals surface area contributed by atoms with Gasteiger partial charge in [-0.1, -0.05) is 12.1 Å². The largest absolute Gasteiger partial charge is 0.332 e. The number of carbonyl (C=O) groups excluding carboxylic acids is 1. The molecule has 2 aromatic heterocycles. The third-order valence-electron chi connectivity index (χ3n) is 6.14. The van der Waals surface area contributed by atoms with Crippen molar-refractivity contribution >= 4 is 22.9 Å². The number of fused-ring (bicyclic) bond motifs is 2. The van der Waals surface area contributed by atoms with Crippen molar-refractivity contribution in [2.45, 2.75) is 43.8 Å². The first-order valence-electron chi connectivity index (χ1n) is 10.2. The zero-order chi connectivity index (χ0) is 21.5. The lowest BCUT2D eigenvalue weighted by Crippen LogP contribution is -2.49. The molecular weight excluding hydrogens is 413 g/mol. The van der Waals surface area contributed by atoms with Gasteiger partial charge in [-0.15, -0.1) is 11.3 Å². The Balaban J connectivity index is 1.58. The fourth-order valence-corrected chi connectivity index (χ4v) is 5.87. The fraction of sp³-hybridized carbons (Fsp3) is 0.304. The van der Waals surface area contributed by atoms with Crippen LogP contribution >= 0.6 is 11.3 Å². The van der Waals surface area contributed by atoms with Gasteiger partial charge in [-0.05, 0) is 49.4 Å². The highest BCUT2D eigenvalue weighted by Crippen LogP contribution is 2.42. The number of aromatic nitrogens is 2. The number of nitrogens with two attached hydrogens (primary N) is 1. The molecule has 0 radical (unpaired) electrons. The van der Waals surface area contributed by atoms with E-state index < -0.39 is 5.82 Å². The number of thiophene rings is 1. The molecule has 3 aromatic rings. The molecular formula is C23H20FN5OS. The van der Waals surface area contributed by atoms with E-state index in [1.165, 1.54) is 29.8 Å². The first-order valence-corrected chi connectivity index (χ1v) is 11.0. The molecule has 4 heterocycles. The van der Waals surface area contributed by atoms with E-state index >= 15 is 0 Å². The molecule has 0 aliphatic carbocycles. The van der Waals surface area contributed by atoms with Crippen molar-refractivity contribution in [1.82, 2.24) is 14.9 Å². The van der Waals surface area contributed by atoms with Gasteiger partial charge in [0.05, 0.1) is 22.0 Å². The standard InChI is InChI=1S/C23H20FN5OS/c1-26-19-5-2-13(8-18(19)24)17-11-21(31-22(17)20-6-7-27-12-28-20)23(30)29-15-3-4-16(29)10-14(25)9-15/h2,5-8,11-12,14-16H,3-4,9-10,25H2. The number of piperidine rings is 1. The van der Waals surface area contributed by atoms with E-state index in [9.17, 15) is 9.18 Å². The van der Waals surface area contributed by atoms with Crippen LogP contribution in [0, 0.1) is 12.4 Å². The van der Waals surface area contributed by atoms with Gasteiger partial charge in [-0.25, -0.2) is 19.2 Å². The summed E-state index contributed by atoms with van der Waals surface area (Å²) in [6.45, 7) is 7.08. The van der Waals surface area contributed by atoms with Crippen LogP contribution in [0.2, 0.25) is 0 Å². The van der Waals surface area contributed by atoms with Crippen LogP contribution in [-0.2, 0) is 0 Å². The van der Waals surface area contributed by atoms with Gasteiger partial charge in [0.1, 0.15) is 12.1 Å². The van der Waals surface area contributed by atoms with Crippen molar-refractivity contribution in [3.05, 3.63) is 65.0 Å². The number of hydrogen-bond acceptors (Lipinski definition) is 5. The summed E-state index contributed by atoms with van der Waals surface area (Å²) in [5.74, 6) is -0.576. The number of carbonyl (C=O) groups is 1. The SMILES string of the molecule is [C-]#[N+]c1ccc(-c2cc(C(=O)N3C4CCC3CC(N)C4)sc2-c2ccncn2)cc1F. The van der Waals surface area contributed by atoms with Crippen LogP contribution in [-0.4, -0.2) is 38.9 Å². The van der Waals surface area contributed by atoms with Gasteiger partial charge in [-0.3, -0.25) is 4.79 Å². The minimum Gasteiger partial charge on any atom is -0.332 e. The summed E-state index contributed by atoms with van der Waals surface area (Å²) in [6, 6.07) is 8.64. The molecule has 2 aliphatic heterocycles. The Morgan fingerprint density at radius 1 is 1.23 bits per heavy atom. The van der Waals surface area contributed by atoms with Gasteiger partial charge in [-0.2, -0.15) is 0 Å². The molecule has 156 valence electrons. The minimum atomic E-state index is -0.580. The van der Waals surface area contributed by atoms with Crippen molar-refractivity contribution in [2.75, 3.05) is 0 Å². The van der Waals surface area contributed by atoms with Crippen LogP contribution in [0.4, 0.5) is 10.1 Å². The van der Waals surface area contributed by atoms with Gasteiger partial charge in [0.25, 0.3) is 5.91 Å². The summed E-state index contributed by atoms with van der Waals surface area (Å²) in [5, 5.41) is 0. The highest BCUT2D eigenvalue weighted by molar-refractivity contribution is 7.18. The number of halogens is 1. The Kier molecular flexibility index (Phi) is 5.00. The van der Waals surface area contributed by atoms with E-state index in [2.05, 4.69) is 14.8 Å². The van der Waals surface area contributed by atoms with Gasteiger partial charge in [0, 0.05) is 29.9 Å². The summed E-state index contributed by atoms with van der Waals surface area (Å²) >= 11 is 1.36. The van der Waals surface area contributed by atoms with Gasteiger partial charge in [0.15, 0.2) is 0 Å². The smallest absolute Gasteiger partial charge is 0.264 e. The Morgan fingerprint density at radius 3 is 2.65 bits per heavy atom. The average Bonchev–Trinajstić information content (AvgIpc) is 3.34. The third kappa shape index (κ3) is 3.50. The van der Waals surface area contributed by atoms with Crippen LogP contribution in [0.25, 0.3) is 26.5 Å². The van der Waals surface area contributed by atoms with Gasteiger partial charge < -0.3 is 10.6 Å². The maximum absolute atomic E-state index is 14.4. The second-order valence-electron chi connectivity index (χ2n) is 8.05. The molecule has 2 saturated heterocycles. The molecule has 5 rings (SSSR count). The van der Waals surface area contributed by atoms with Crippen LogP contribution in [0.5, 0.6) is 0 Å². The van der Waals surface area contributed by atoms with Gasteiger partial charge in [0.2, 0.25) is 5.69 Å². The summed E-state index contributed by atoms with van der Waals surface area (Å²) in [5.41, 5.74) is 8.15. The summed E-state index contributed by atoms with van der Waals surface area (Å²) in [4.78, 5) is 28.4. The van der Waals surface area contributed by atoms with E-state index in [1.807, 2.05) is 11.0 Å². The van der Waals surface area contributed by atoms with E-state index in [4.69, 9.17) is 12.3 Å². The molecule has 0 spiro atoms. The molecule has 1 amide bonds. The molecule has 2 N–H and O–H groups in total. The van der Waals surface area contributed by atoms with Crippen molar-refractivity contribution in [2.24, 2.45) is 5.73 Å². The molecule has 2 unspecified atom stereocenters. The number of amides is 1. The maximum Gasteiger partial charge on any atom is 0.264 e. The molecule has 6 nitrogen and oxygen atoms in total. The number of rotatable bonds is 3. The van der Waals surface area contributed by atoms with Crippen molar-refractivity contribution in [3.8, 4) is 21.7 Å². The number of nitrogens with zero attached hydrogens (tertiary/aromatic N) is 4. The van der Waals surface area contributed by atoms with Gasteiger partial charge >= 0.3 is 0 Å². The summed E-state index contributed by atoms with van der Waals surface area (Å²) in [7, 11) is 0. The van der Waals surface area contributed by atoms with Crippen LogP contribution in [0.3, 0.4) is 0 Å². The number of benzene rings is 1. The van der Waals surface area contributed by atoms with E-state index in [-0.39, 0.29) is 29.7 Å². The fourth-order valence-electron chi connectivity index (χ4n) is 4.77. The lowest BCUT2D eigenvalue weighted by Gasteiger charge is -2.37. The van der Waals surface area contributed by atoms with E-state index in [1.54, 1.807) is 18.3 Å². The lowest BCUT2D eigenvalue weighted by molar-refractivity contribution is 0.0580. The predicted molar refractivity (Wildman–Crippen MR) is 117 cm³/mol. The summed E-state index contributed by atoms with van der Waals surface area (Å²) < 4.78 is 14.4. The first kappa shape index (κ1) is 19.8. The Morgan fingerprint density at radius 2 is 2.00 bits per heavy atom. The molecule has 1 aromatic carbocycles. The molecule has 2 aliphatic rings. The molecule has 31 heavy (non-hydrogen) atoms. The average molecular weight is 434 g/mol.